The Morgan fingerprint density at radius 1 is 1.47 bits per heavy atom. The van der Waals surface area contributed by atoms with Gasteiger partial charge in [-0.1, -0.05) is 38.5 Å². The molecule has 0 aromatic carbocycles. The molecule has 0 fully saturated rings. The molecule has 0 radical (unpaired) electrons. The topological polar surface area (TPSA) is 33.2 Å². The van der Waals surface area contributed by atoms with E-state index in [1.165, 1.54) is 11.3 Å². The van der Waals surface area contributed by atoms with Crippen molar-refractivity contribution in [3.63, 3.8) is 0 Å². The first kappa shape index (κ1) is 14.2. The maximum atomic E-state index is 11.0. The number of carbonyl (C=O) groups excluding carboxylic acids is 1. The molecule has 0 spiro atoms. The molecule has 0 aliphatic rings. The van der Waals surface area contributed by atoms with Crippen molar-refractivity contribution in [1.29, 1.82) is 0 Å². The van der Waals surface area contributed by atoms with E-state index in [2.05, 4.69) is 30.7 Å². The van der Waals surface area contributed by atoms with Gasteiger partial charge in [0, 0.05) is 13.6 Å². The Morgan fingerprint density at radius 3 is 2.71 bits per heavy atom. The molecule has 1 aromatic heterocycles. The number of aryl methyl sites for hydroxylation is 1. The number of anilines is 1. The summed E-state index contributed by atoms with van der Waals surface area (Å²) in [6.07, 6.45) is 4.00. The fourth-order valence-corrected chi connectivity index (χ4v) is 2.48. The molecule has 0 N–H and O–H groups in total. The van der Waals surface area contributed by atoms with Gasteiger partial charge in [-0.2, -0.15) is 0 Å². The molecule has 0 aliphatic heterocycles. The summed E-state index contributed by atoms with van der Waals surface area (Å²) in [5, 5.41) is 0.969. The van der Waals surface area contributed by atoms with E-state index in [4.69, 9.17) is 0 Å². The second-order valence-electron chi connectivity index (χ2n) is 4.78. The third-order valence-corrected chi connectivity index (χ3v) is 3.82. The van der Waals surface area contributed by atoms with Crippen LogP contribution in [0.5, 0.6) is 0 Å². The molecule has 0 atom stereocenters. The molecular weight excluding hydrogens is 232 g/mol. The molecule has 0 saturated carbocycles. The van der Waals surface area contributed by atoms with E-state index < -0.39 is 0 Å². The van der Waals surface area contributed by atoms with Gasteiger partial charge in [-0.25, -0.2) is 4.98 Å². The molecule has 1 rings (SSSR count). The highest BCUT2D eigenvalue weighted by atomic mass is 32.1. The molecule has 0 amide bonds. The maximum absolute atomic E-state index is 11.0. The Kier molecular flexibility index (Phi) is 5.62. The van der Waals surface area contributed by atoms with Crippen LogP contribution >= 0.6 is 11.3 Å². The molecule has 17 heavy (non-hydrogen) atoms. The van der Waals surface area contributed by atoms with Gasteiger partial charge >= 0.3 is 0 Å². The van der Waals surface area contributed by atoms with Crippen LogP contribution in [-0.4, -0.2) is 24.9 Å². The quantitative estimate of drug-likeness (QED) is 0.699. The molecule has 0 aliphatic carbocycles. The average molecular weight is 254 g/mol. The Bertz CT molecular complexity index is 360. The lowest BCUT2D eigenvalue weighted by Gasteiger charge is -2.16. The number of nitrogens with zero attached hydrogens (tertiary/aromatic N) is 2. The summed E-state index contributed by atoms with van der Waals surface area (Å²) in [5.41, 5.74) is 0.957. The van der Waals surface area contributed by atoms with Crippen LogP contribution in [-0.2, 0) is 6.42 Å². The summed E-state index contributed by atoms with van der Waals surface area (Å²) < 4.78 is 0. The molecule has 0 bridgehead atoms. The van der Waals surface area contributed by atoms with Gasteiger partial charge in [-0.15, -0.1) is 0 Å². The summed E-state index contributed by atoms with van der Waals surface area (Å²) in [6.45, 7) is 7.54. The van der Waals surface area contributed by atoms with Crippen molar-refractivity contribution >= 4 is 22.8 Å². The van der Waals surface area contributed by atoms with Crippen LogP contribution in [0.2, 0.25) is 0 Å². The smallest absolute Gasteiger partial charge is 0.185 e. The van der Waals surface area contributed by atoms with Gasteiger partial charge in [-0.3, -0.25) is 4.79 Å². The normalized spacial score (nSPS) is 10.9. The lowest BCUT2D eigenvalue weighted by atomic mass is 10.1. The number of aromatic nitrogens is 1. The van der Waals surface area contributed by atoms with Gasteiger partial charge in [0.05, 0.1) is 10.6 Å². The number of rotatable bonds is 7. The van der Waals surface area contributed by atoms with Crippen LogP contribution in [0.4, 0.5) is 5.13 Å². The van der Waals surface area contributed by atoms with Crippen LogP contribution in [0, 0.1) is 5.92 Å². The summed E-state index contributed by atoms with van der Waals surface area (Å²) in [4.78, 5) is 18.5. The maximum Gasteiger partial charge on any atom is 0.185 e. The van der Waals surface area contributed by atoms with Crippen LogP contribution in [0.3, 0.4) is 0 Å². The highest BCUT2D eigenvalue weighted by Crippen LogP contribution is 2.25. The van der Waals surface area contributed by atoms with E-state index in [-0.39, 0.29) is 0 Å². The third-order valence-electron chi connectivity index (χ3n) is 2.68. The van der Waals surface area contributed by atoms with Crippen LogP contribution < -0.4 is 4.90 Å². The van der Waals surface area contributed by atoms with E-state index in [0.717, 1.165) is 47.8 Å². The lowest BCUT2D eigenvalue weighted by Crippen LogP contribution is -2.19. The number of thiazole rings is 1. The van der Waals surface area contributed by atoms with Crippen LogP contribution in [0.25, 0.3) is 0 Å². The molecule has 0 saturated heterocycles. The Balaban J connectivity index is 2.73. The molecule has 1 heterocycles. The molecule has 1 aromatic rings. The van der Waals surface area contributed by atoms with E-state index in [1.54, 1.807) is 0 Å². The Morgan fingerprint density at radius 2 is 2.18 bits per heavy atom. The molecule has 96 valence electrons. The zero-order chi connectivity index (χ0) is 12.8. The summed E-state index contributed by atoms with van der Waals surface area (Å²) >= 11 is 1.51. The van der Waals surface area contributed by atoms with E-state index in [1.807, 2.05) is 7.05 Å². The second-order valence-corrected chi connectivity index (χ2v) is 5.79. The fourth-order valence-electron chi connectivity index (χ4n) is 1.57. The second kappa shape index (κ2) is 6.74. The first-order valence-electron chi connectivity index (χ1n) is 6.24. The lowest BCUT2D eigenvalue weighted by molar-refractivity contribution is 0.112. The van der Waals surface area contributed by atoms with Crippen LogP contribution in [0.15, 0.2) is 0 Å². The van der Waals surface area contributed by atoms with Crippen LogP contribution in [0.1, 0.15) is 49.0 Å². The van der Waals surface area contributed by atoms with E-state index in [0.29, 0.717) is 5.92 Å². The predicted molar refractivity (Wildman–Crippen MR) is 74.2 cm³/mol. The molecular formula is C13H22N2OS. The number of aldehydes is 1. The van der Waals surface area contributed by atoms with Gasteiger partial charge in [0.1, 0.15) is 0 Å². The molecule has 4 heteroatoms. The van der Waals surface area contributed by atoms with Crippen molar-refractivity contribution < 1.29 is 4.79 Å². The Hall–Kier alpha value is -0.900. The average Bonchev–Trinajstić information content (AvgIpc) is 2.69. The first-order valence-corrected chi connectivity index (χ1v) is 7.06. The highest BCUT2D eigenvalue weighted by molar-refractivity contribution is 7.17. The third kappa shape index (κ3) is 4.11. The van der Waals surface area contributed by atoms with E-state index in [9.17, 15) is 4.79 Å². The van der Waals surface area contributed by atoms with Crippen molar-refractivity contribution in [1.82, 2.24) is 4.98 Å². The zero-order valence-corrected chi connectivity index (χ0v) is 12.0. The fraction of sp³-hybridized carbons (Fsp3) is 0.692. The van der Waals surface area contributed by atoms with Crippen molar-refractivity contribution in [3.05, 3.63) is 10.6 Å². The minimum Gasteiger partial charge on any atom is -0.351 e. The van der Waals surface area contributed by atoms with Crippen molar-refractivity contribution in [2.24, 2.45) is 5.92 Å². The minimum atomic E-state index is 0.693. The largest absolute Gasteiger partial charge is 0.351 e. The van der Waals surface area contributed by atoms with Gasteiger partial charge in [0.2, 0.25) is 0 Å². The van der Waals surface area contributed by atoms with Gasteiger partial charge in [0.25, 0.3) is 0 Å². The number of carbonyl (C=O) groups is 1. The Labute approximate surface area is 108 Å². The molecule has 0 unspecified atom stereocenters. The molecule has 3 nitrogen and oxygen atoms in total. The minimum absolute atomic E-state index is 0.693. The van der Waals surface area contributed by atoms with Crippen molar-refractivity contribution in [3.8, 4) is 0 Å². The number of hydrogen-bond donors (Lipinski definition) is 0. The monoisotopic (exact) mass is 254 g/mol. The summed E-state index contributed by atoms with van der Waals surface area (Å²) in [6, 6.07) is 0. The van der Waals surface area contributed by atoms with E-state index >= 15 is 0 Å². The predicted octanol–water partition coefficient (Wildman–Crippen LogP) is 3.39. The zero-order valence-electron chi connectivity index (χ0n) is 11.2. The van der Waals surface area contributed by atoms with Gasteiger partial charge in [-0.05, 0) is 18.8 Å². The number of hydrogen-bond acceptors (Lipinski definition) is 4. The highest BCUT2D eigenvalue weighted by Gasteiger charge is 2.13. The van der Waals surface area contributed by atoms with Gasteiger partial charge < -0.3 is 4.90 Å². The standard InChI is InChI=1S/C13H22N2OS/c1-5-6-11-12(9-16)17-13(14-11)15(4)8-7-10(2)3/h9-10H,5-8H2,1-4H3. The first-order chi connectivity index (χ1) is 8.08. The summed E-state index contributed by atoms with van der Waals surface area (Å²) in [5.74, 6) is 0.693. The van der Waals surface area contributed by atoms with Gasteiger partial charge in [0.15, 0.2) is 11.4 Å². The summed E-state index contributed by atoms with van der Waals surface area (Å²) in [7, 11) is 2.05. The SMILES string of the molecule is CCCc1nc(N(C)CCC(C)C)sc1C=O. The van der Waals surface area contributed by atoms with Crippen molar-refractivity contribution in [2.75, 3.05) is 18.5 Å². The van der Waals surface area contributed by atoms with Crippen molar-refractivity contribution in [2.45, 2.75) is 40.0 Å².